The summed E-state index contributed by atoms with van der Waals surface area (Å²) in [6, 6.07) is 7.74. The Labute approximate surface area is 159 Å². The predicted molar refractivity (Wildman–Crippen MR) is 101 cm³/mol. The van der Waals surface area contributed by atoms with Gasteiger partial charge >= 0.3 is 5.97 Å². The summed E-state index contributed by atoms with van der Waals surface area (Å²) in [5, 5.41) is 2.36. The fourth-order valence-electron chi connectivity index (χ4n) is 2.23. The SMILES string of the molecule is COC(=O)Cc1cc(=O)[nH]c(S[C@H](C)C(=O)c2ccc(NC(C)=O)cc2)n1. The maximum Gasteiger partial charge on any atom is 0.311 e. The van der Waals surface area contributed by atoms with E-state index < -0.39 is 16.8 Å². The van der Waals surface area contributed by atoms with Crippen LogP contribution in [-0.4, -0.2) is 40.0 Å². The van der Waals surface area contributed by atoms with Crippen molar-refractivity contribution in [1.82, 2.24) is 9.97 Å². The van der Waals surface area contributed by atoms with Crippen molar-refractivity contribution in [3.05, 3.63) is 51.9 Å². The largest absolute Gasteiger partial charge is 0.469 e. The van der Waals surface area contributed by atoms with Crippen LogP contribution in [0.25, 0.3) is 0 Å². The van der Waals surface area contributed by atoms with Gasteiger partial charge in [-0.1, -0.05) is 11.8 Å². The van der Waals surface area contributed by atoms with Gasteiger partial charge in [0.1, 0.15) is 0 Å². The molecule has 2 N–H and O–H groups in total. The third-order valence-corrected chi connectivity index (χ3v) is 4.46. The molecular weight excluding hydrogens is 370 g/mol. The second-order valence-electron chi connectivity index (χ2n) is 5.68. The molecule has 27 heavy (non-hydrogen) atoms. The van der Waals surface area contributed by atoms with E-state index >= 15 is 0 Å². The van der Waals surface area contributed by atoms with Crippen LogP contribution in [0.1, 0.15) is 29.9 Å². The summed E-state index contributed by atoms with van der Waals surface area (Å²) in [4.78, 5) is 53.5. The number of ketones is 1. The summed E-state index contributed by atoms with van der Waals surface area (Å²) in [6.45, 7) is 3.10. The third kappa shape index (κ3) is 6.07. The maximum atomic E-state index is 12.6. The molecule has 142 valence electrons. The molecule has 0 radical (unpaired) electrons. The minimum absolute atomic E-state index is 0.124. The number of esters is 1. The van der Waals surface area contributed by atoms with Gasteiger partial charge in [0.25, 0.3) is 5.56 Å². The number of Topliss-reactive ketones (excluding diaryl/α,β-unsaturated/α-hetero) is 1. The van der Waals surface area contributed by atoms with Crippen LogP contribution in [0.2, 0.25) is 0 Å². The number of hydrogen-bond donors (Lipinski definition) is 2. The Hall–Kier alpha value is -2.94. The number of benzene rings is 1. The lowest BCUT2D eigenvalue weighted by atomic mass is 10.1. The molecular formula is C18H19N3O5S. The fraction of sp³-hybridized carbons (Fsp3) is 0.278. The maximum absolute atomic E-state index is 12.6. The van der Waals surface area contributed by atoms with E-state index in [-0.39, 0.29) is 29.0 Å². The van der Waals surface area contributed by atoms with Crippen LogP contribution in [0.4, 0.5) is 5.69 Å². The minimum atomic E-state index is -0.520. The zero-order chi connectivity index (χ0) is 20.0. The van der Waals surface area contributed by atoms with Crippen LogP contribution in [0, 0.1) is 0 Å². The normalized spacial score (nSPS) is 11.5. The summed E-state index contributed by atoms with van der Waals surface area (Å²) < 4.78 is 4.57. The first kappa shape index (κ1) is 20.4. The lowest BCUT2D eigenvalue weighted by molar-refractivity contribution is -0.139. The minimum Gasteiger partial charge on any atom is -0.469 e. The molecule has 0 bridgehead atoms. The van der Waals surface area contributed by atoms with Crippen molar-refractivity contribution in [2.24, 2.45) is 0 Å². The first-order valence-electron chi connectivity index (χ1n) is 8.04. The van der Waals surface area contributed by atoms with Gasteiger partial charge in [-0.15, -0.1) is 0 Å². The van der Waals surface area contributed by atoms with Gasteiger partial charge in [0, 0.05) is 24.2 Å². The fourth-order valence-corrected chi connectivity index (χ4v) is 3.13. The average molecular weight is 389 g/mol. The number of thioether (sulfide) groups is 1. The number of nitrogens with one attached hydrogen (secondary N) is 2. The number of nitrogens with zero attached hydrogens (tertiary/aromatic N) is 1. The molecule has 9 heteroatoms. The number of amides is 1. The van der Waals surface area contributed by atoms with E-state index in [9.17, 15) is 19.2 Å². The number of rotatable bonds is 7. The zero-order valence-electron chi connectivity index (χ0n) is 15.1. The molecule has 0 unspecified atom stereocenters. The Balaban J connectivity index is 2.10. The van der Waals surface area contributed by atoms with E-state index in [0.29, 0.717) is 11.3 Å². The van der Waals surface area contributed by atoms with Crippen LogP contribution in [0.15, 0.2) is 40.3 Å². The van der Waals surface area contributed by atoms with E-state index in [0.717, 1.165) is 11.8 Å². The number of ether oxygens (including phenoxy) is 1. The van der Waals surface area contributed by atoms with Crippen LogP contribution in [0.5, 0.6) is 0 Å². The number of methoxy groups -OCH3 is 1. The smallest absolute Gasteiger partial charge is 0.311 e. The average Bonchev–Trinajstić information content (AvgIpc) is 2.60. The molecule has 8 nitrogen and oxygen atoms in total. The van der Waals surface area contributed by atoms with Crippen molar-refractivity contribution in [3.8, 4) is 0 Å². The van der Waals surface area contributed by atoms with E-state index in [2.05, 4.69) is 20.0 Å². The van der Waals surface area contributed by atoms with E-state index in [1.54, 1.807) is 31.2 Å². The summed E-state index contributed by atoms with van der Waals surface area (Å²) >= 11 is 1.09. The molecule has 1 amide bonds. The van der Waals surface area contributed by atoms with Gasteiger partial charge in [-0.25, -0.2) is 4.98 Å². The highest BCUT2D eigenvalue weighted by Crippen LogP contribution is 2.23. The third-order valence-electron chi connectivity index (χ3n) is 3.47. The summed E-state index contributed by atoms with van der Waals surface area (Å²) in [5.74, 6) is -0.859. The topological polar surface area (TPSA) is 118 Å². The molecule has 2 aromatic rings. The number of hydrogen-bond acceptors (Lipinski definition) is 7. The van der Waals surface area contributed by atoms with Crippen molar-refractivity contribution >= 4 is 35.1 Å². The van der Waals surface area contributed by atoms with Crippen molar-refractivity contribution in [2.45, 2.75) is 30.7 Å². The molecule has 2 rings (SSSR count). The molecule has 0 spiro atoms. The van der Waals surface area contributed by atoms with Crippen LogP contribution in [-0.2, 0) is 20.7 Å². The van der Waals surface area contributed by atoms with E-state index in [1.807, 2.05) is 0 Å². The summed E-state index contributed by atoms with van der Waals surface area (Å²) in [7, 11) is 1.25. The standard InChI is InChI=1S/C18H19N3O5S/c1-10(17(25)12-4-6-13(7-5-12)19-11(2)22)27-18-20-14(8-15(23)21-18)9-16(24)26-3/h4-8,10H,9H2,1-3H3,(H,19,22)(H,20,21,23)/t10-/m1/s1. The number of carbonyl (C=O) groups is 3. The van der Waals surface area contributed by atoms with Gasteiger partial charge < -0.3 is 15.0 Å². The monoisotopic (exact) mass is 389 g/mol. The number of carbonyl (C=O) groups excluding carboxylic acids is 3. The second-order valence-corrected chi connectivity index (χ2v) is 7.01. The molecule has 1 aromatic carbocycles. The Morgan fingerprint density at radius 1 is 1.26 bits per heavy atom. The molecule has 1 atom stereocenters. The number of aromatic amines is 1. The molecule has 0 saturated carbocycles. The number of anilines is 1. The number of aromatic nitrogens is 2. The first-order chi connectivity index (χ1) is 12.8. The van der Waals surface area contributed by atoms with Gasteiger partial charge in [-0.2, -0.15) is 0 Å². The summed E-state index contributed by atoms with van der Waals surface area (Å²) in [5.41, 5.74) is 0.927. The Bertz CT molecular complexity index is 908. The van der Waals surface area contributed by atoms with E-state index in [4.69, 9.17) is 0 Å². The molecule has 0 aliphatic heterocycles. The van der Waals surface area contributed by atoms with Crippen LogP contribution >= 0.6 is 11.8 Å². The van der Waals surface area contributed by atoms with Crippen molar-refractivity contribution in [2.75, 3.05) is 12.4 Å². The molecule has 1 aromatic heterocycles. The van der Waals surface area contributed by atoms with Crippen molar-refractivity contribution < 1.29 is 19.1 Å². The highest BCUT2D eigenvalue weighted by Gasteiger charge is 2.18. The molecule has 0 saturated heterocycles. The first-order valence-corrected chi connectivity index (χ1v) is 8.92. The predicted octanol–water partition coefficient (Wildman–Crippen LogP) is 1.81. The summed E-state index contributed by atoms with van der Waals surface area (Å²) in [6.07, 6.45) is -0.124. The number of H-pyrrole nitrogens is 1. The molecule has 0 aliphatic carbocycles. The highest BCUT2D eigenvalue weighted by atomic mass is 32.2. The van der Waals surface area contributed by atoms with Gasteiger partial charge in [0.05, 0.1) is 24.5 Å². The second kappa shape index (κ2) is 9.13. The van der Waals surface area contributed by atoms with Crippen LogP contribution < -0.4 is 10.9 Å². The van der Waals surface area contributed by atoms with Gasteiger partial charge in [0.15, 0.2) is 10.9 Å². The highest BCUT2D eigenvalue weighted by molar-refractivity contribution is 8.00. The molecule has 1 heterocycles. The van der Waals surface area contributed by atoms with Gasteiger partial charge in [-0.05, 0) is 31.2 Å². The molecule has 0 aliphatic rings. The van der Waals surface area contributed by atoms with Gasteiger partial charge in [-0.3, -0.25) is 19.2 Å². The van der Waals surface area contributed by atoms with Crippen LogP contribution in [0.3, 0.4) is 0 Å². The Kier molecular flexibility index (Phi) is 6.89. The Morgan fingerprint density at radius 2 is 1.93 bits per heavy atom. The van der Waals surface area contributed by atoms with E-state index in [1.165, 1.54) is 20.1 Å². The quantitative estimate of drug-likeness (QED) is 0.321. The van der Waals surface area contributed by atoms with Crippen molar-refractivity contribution in [1.29, 1.82) is 0 Å². The zero-order valence-corrected chi connectivity index (χ0v) is 15.9. The lowest BCUT2D eigenvalue weighted by Gasteiger charge is -2.11. The Morgan fingerprint density at radius 3 is 2.52 bits per heavy atom. The lowest BCUT2D eigenvalue weighted by Crippen LogP contribution is -2.18. The van der Waals surface area contributed by atoms with Gasteiger partial charge in [0.2, 0.25) is 5.91 Å². The van der Waals surface area contributed by atoms with Crippen molar-refractivity contribution in [3.63, 3.8) is 0 Å². The molecule has 0 fully saturated rings.